The molecule has 0 aromatic heterocycles. The molecule has 0 N–H and O–H groups in total. The summed E-state index contributed by atoms with van der Waals surface area (Å²) in [6.45, 7) is 0. The van der Waals surface area contributed by atoms with E-state index in [1.807, 2.05) is 48.5 Å². The van der Waals surface area contributed by atoms with E-state index in [9.17, 15) is 19.2 Å². The van der Waals surface area contributed by atoms with Crippen molar-refractivity contribution in [1.82, 2.24) is 0 Å². The Kier molecular flexibility index (Phi) is 5.50. The molecule has 2 aromatic rings. The van der Waals surface area contributed by atoms with Crippen molar-refractivity contribution in [3.05, 3.63) is 55.7 Å². The van der Waals surface area contributed by atoms with E-state index in [2.05, 4.69) is 18.6 Å². The molecule has 4 amide bonds. The van der Waals surface area contributed by atoms with Crippen LogP contribution in [0.15, 0.2) is 48.5 Å². The monoisotopic (exact) mass is 602 g/mol. The van der Waals surface area contributed by atoms with Gasteiger partial charge in [-0.25, -0.2) is 0 Å². The van der Waals surface area contributed by atoms with Crippen molar-refractivity contribution in [1.29, 1.82) is 0 Å². The van der Waals surface area contributed by atoms with Crippen molar-refractivity contribution in [2.24, 2.45) is 0 Å². The van der Waals surface area contributed by atoms with E-state index >= 15 is 0 Å². The minimum atomic E-state index is -1.69. The van der Waals surface area contributed by atoms with Crippen molar-refractivity contribution in [2.75, 3.05) is 9.80 Å². The molecule has 144 valence electrons. The zero-order valence-electron chi connectivity index (χ0n) is 14.7. The number of anilines is 2. The fourth-order valence-corrected chi connectivity index (χ4v) is 9.60. The maximum atomic E-state index is 11.9. The molecule has 28 heavy (non-hydrogen) atoms. The molecule has 0 atom stereocenters. The number of hydrogen-bond donors (Lipinski definition) is 0. The summed E-state index contributed by atoms with van der Waals surface area (Å²) < 4.78 is 2.38. The van der Waals surface area contributed by atoms with Crippen molar-refractivity contribution in [3.8, 4) is 0 Å². The fraction of sp³-hybridized carbons (Fsp3) is 0.200. The summed E-state index contributed by atoms with van der Waals surface area (Å²) in [7, 11) is 0. The van der Waals surface area contributed by atoms with Crippen molar-refractivity contribution in [3.63, 3.8) is 0 Å². The number of rotatable bonds is 4. The SMILES string of the molecule is O=C1CCC(=O)N1c1ccc(I(I)c2ccc(N3C(=O)CCC3=O)cc2)cc1. The first-order chi connectivity index (χ1) is 13.5. The van der Waals surface area contributed by atoms with E-state index < -0.39 is 15.8 Å². The van der Waals surface area contributed by atoms with Gasteiger partial charge in [0.15, 0.2) is 0 Å². The van der Waals surface area contributed by atoms with E-state index in [1.54, 1.807) is 0 Å². The van der Waals surface area contributed by atoms with Gasteiger partial charge in [0.2, 0.25) is 0 Å². The van der Waals surface area contributed by atoms with Crippen LogP contribution in [0.5, 0.6) is 0 Å². The van der Waals surface area contributed by atoms with Crippen molar-refractivity contribution >= 4 is 69.5 Å². The Morgan fingerprint density at radius 2 is 0.857 bits per heavy atom. The molecular formula is C20H16I2N2O4. The standard InChI is InChI=1S/C20H16I2N2O4/c21-22(13-1-5-15(6-2-13)23-17(25)9-10-18(23)26)14-3-7-16(8-4-14)24-19(27)11-12-20(24)28/h1-8H,9-12H2. The van der Waals surface area contributed by atoms with Crippen molar-refractivity contribution < 1.29 is 19.2 Å². The first kappa shape index (κ1) is 19.5. The Morgan fingerprint density at radius 1 is 0.571 bits per heavy atom. The van der Waals surface area contributed by atoms with Crippen LogP contribution in [0.25, 0.3) is 0 Å². The third kappa shape index (κ3) is 3.59. The number of nitrogens with zero attached hydrogens (tertiary/aromatic N) is 2. The van der Waals surface area contributed by atoms with Gasteiger partial charge in [0, 0.05) is 0 Å². The second kappa shape index (κ2) is 7.90. The van der Waals surface area contributed by atoms with Crippen LogP contribution < -0.4 is 9.80 Å². The van der Waals surface area contributed by atoms with Gasteiger partial charge in [-0.05, 0) is 0 Å². The van der Waals surface area contributed by atoms with Gasteiger partial charge in [-0.15, -0.1) is 0 Å². The van der Waals surface area contributed by atoms with Gasteiger partial charge in [-0.1, -0.05) is 0 Å². The Morgan fingerprint density at radius 3 is 1.14 bits per heavy atom. The number of hydrogen-bond acceptors (Lipinski definition) is 4. The second-order valence-electron chi connectivity index (χ2n) is 6.44. The molecule has 2 saturated heterocycles. The van der Waals surface area contributed by atoms with Gasteiger partial charge >= 0.3 is 180 Å². The Labute approximate surface area is 178 Å². The van der Waals surface area contributed by atoms with Crippen LogP contribution in [0.4, 0.5) is 11.4 Å². The first-order valence-corrected chi connectivity index (χ1v) is 17.2. The van der Waals surface area contributed by atoms with Crippen LogP contribution >= 0.6 is 34.5 Å². The van der Waals surface area contributed by atoms with Gasteiger partial charge in [-0.2, -0.15) is 0 Å². The normalized spacial score (nSPS) is 17.7. The minimum absolute atomic E-state index is 0.149. The third-order valence-electron chi connectivity index (χ3n) is 4.66. The zero-order chi connectivity index (χ0) is 19.8. The molecule has 0 aliphatic carbocycles. The molecule has 2 fully saturated rings. The summed E-state index contributed by atoms with van der Waals surface area (Å²) in [5.74, 6) is -0.596. The quantitative estimate of drug-likeness (QED) is 0.394. The van der Waals surface area contributed by atoms with Crippen molar-refractivity contribution in [2.45, 2.75) is 25.7 Å². The van der Waals surface area contributed by atoms with E-state index in [1.165, 1.54) is 16.9 Å². The molecule has 2 heterocycles. The van der Waals surface area contributed by atoms with E-state index in [0.717, 1.165) is 0 Å². The number of halogens is 2. The summed E-state index contributed by atoms with van der Waals surface area (Å²) in [6, 6.07) is 15.2. The number of imide groups is 2. The van der Waals surface area contributed by atoms with Gasteiger partial charge in [-0.3, -0.25) is 0 Å². The Hall–Kier alpha value is -1.82. The molecule has 2 aromatic carbocycles. The predicted molar refractivity (Wildman–Crippen MR) is 122 cm³/mol. The molecule has 2 aliphatic rings. The average molecular weight is 602 g/mol. The van der Waals surface area contributed by atoms with Crippen LogP contribution in [0.2, 0.25) is 0 Å². The van der Waals surface area contributed by atoms with Crippen LogP contribution in [0, 0.1) is 7.14 Å². The summed E-state index contributed by atoms with van der Waals surface area (Å²) in [5.41, 5.74) is 1.25. The van der Waals surface area contributed by atoms with Crippen LogP contribution in [0.1, 0.15) is 25.7 Å². The molecule has 0 bridgehead atoms. The van der Waals surface area contributed by atoms with Crippen LogP contribution in [0.3, 0.4) is 0 Å². The number of benzene rings is 2. The van der Waals surface area contributed by atoms with Gasteiger partial charge in [0.05, 0.1) is 0 Å². The molecule has 8 heteroatoms. The Bertz CT molecular complexity index is 861. The van der Waals surface area contributed by atoms with Crippen LogP contribution in [-0.4, -0.2) is 23.6 Å². The van der Waals surface area contributed by atoms with E-state index in [-0.39, 0.29) is 49.3 Å². The third-order valence-corrected chi connectivity index (χ3v) is 14.6. The fourth-order valence-electron chi connectivity index (χ4n) is 3.26. The maximum absolute atomic E-state index is 11.9. The molecule has 0 radical (unpaired) electrons. The van der Waals surface area contributed by atoms with Gasteiger partial charge in [0.1, 0.15) is 0 Å². The summed E-state index contributed by atoms with van der Waals surface area (Å²) in [4.78, 5) is 50.0. The average Bonchev–Trinajstić information content (AvgIpc) is 3.22. The van der Waals surface area contributed by atoms with Crippen LogP contribution in [-0.2, 0) is 19.2 Å². The second-order valence-corrected chi connectivity index (χ2v) is 15.8. The topological polar surface area (TPSA) is 74.8 Å². The number of carbonyl (C=O) groups is 4. The molecule has 6 nitrogen and oxygen atoms in total. The number of amides is 4. The van der Waals surface area contributed by atoms with E-state index in [4.69, 9.17) is 0 Å². The van der Waals surface area contributed by atoms with E-state index in [0.29, 0.717) is 11.4 Å². The molecule has 0 saturated carbocycles. The summed E-state index contributed by atoms with van der Waals surface area (Å²) in [6.07, 6.45) is 1.11. The first-order valence-electron chi connectivity index (χ1n) is 8.74. The molecule has 0 spiro atoms. The molecular weight excluding hydrogens is 586 g/mol. The molecule has 4 rings (SSSR count). The molecule has 2 aliphatic heterocycles. The Balaban J connectivity index is 1.52. The molecule has 0 unspecified atom stereocenters. The summed E-state index contributed by atoms with van der Waals surface area (Å²) >= 11 is 0.777. The number of carbonyl (C=O) groups excluding carboxylic acids is 4. The van der Waals surface area contributed by atoms with Gasteiger partial charge < -0.3 is 0 Å². The predicted octanol–water partition coefficient (Wildman–Crippen LogP) is 3.89. The zero-order valence-corrected chi connectivity index (χ0v) is 19.0. The van der Waals surface area contributed by atoms with Gasteiger partial charge in [0.25, 0.3) is 0 Å². The summed E-state index contributed by atoms with van der Waals surface area (Å²) in [5, 5.41) is 0.